The number of alkyl halides is 3. The molecule has 0 atom stereocenters. The Hall–Kier alpha value is -1.56. The minimum absolute atomic E-state index is 0.232. The van der Waals surface area contributed by atoms with Gasteiger partial charge in [0.05, 0.1) is 5.56 Å². The Morgan fingerprint density at radius 1 is 1.33 bits per heavy atom. The summed E-state index contributed by atoms with van der Waals surface area (Å²) in [6, 6.07) is 1.97. The summed E-state index contributed by atoms with van der Waals surface area (Å²) in [5, 5.41) is 6.86. The smallest absolute Gasteiger partial charge is 0.366 e. The first-order valence-corrected chi connectivity index (χ1v) is 6.20. The van der Waals surface area contributed by atoms with E-state index in [1.54, 1.807) is 11.3 Å². The lowest BCUT2D eigenvalue weighted by molar-refractivity contribution is -0.137. The van der Waals surface area contributed by atoms with Crippen molar-refractivity contribution < 1.29 is 13.2 Å². The van der Waals surface area contributed by atoms with E-state index in [9.17, 15) is 13.2 Å². The van der Waals surface area contributed by atoms with Crippen molar-refractivity contribution in [2.75, 3.05) is 5.32 Å². The van der Waals surface area contributed by atoms with Gasteiger partial charge in [0.25, 0.3) is 0 Å². The second kappa shape index (κ2) is 4.97. The largest absolute Gasteiger partial charge is 0.416 e. The molecule has 0 aliphatic heterocycles. The van der Waals surface area contributed by atoms with Gasteiger partial charge in [-0.2, -0.15) is 24.5 Å². The topological polar surface area (TPSA) is 24.9 Å². The summed E-state index contributed by atoms with van der Waals surface area (Å²) in [5.74, 6) is 0.232. The number of hydrogen-bond acceptors (Lipinski definition) is 3. The van der Waals surface area contributed by atoms with Gasteiger partial charge in [-0.25, -0.2) is 4.98 Å². The maximum Gasteiger partial charge on any atom is 0.416 e. The molecule has 0 saturated heterocycles. The van der Waals surface area contributed by atoms with E-state index >= 15 is 0 Å². The Morgan fingerprint density at radius 2 is 2.11 bits per heavy atom. The SMILES string of the molecule is Cc1cscc1CNc1cc(C(F)(F)F)ccn1. The molecule has 96 valence electrons. The zero-order chi connectivity index (χ0) is 13.2. The molecule has 0 amide bonds. The molecular weight excluding hydrogens is 261 g/mol. The molecule has 1 N–H and O–H groups in total. The van der Waals surface area contributed by atoms with Crippen molar-refractivity contribution in [1.82, 2.24) is 4.98 Å². The van der Waals surface area contributed by atoms with Crippen LogP contribution in [0.1, 0.15) is 16.7 Å². The van der Waals surface area contributed by atoms with Gasteiger partial charge in [-0.15, -0.1) is 0 Å². The van der Waals surface area contributed by atoms with Crippen molar-refractivity contribution >= 4 is 17.2 Å². The number of nitrogens with zero attached hydrogens (tertiary/aromatic N) is 1. The third kappa shape index (κ3) is 3.01. The Labute approximate surface area is 106 Å². The summed E-state index contributed by atoms with van der Waals surface area (Å²) >= 11 is 1.57. The van der Waals surface area contributed by atoms with Gasteiger partial charge in [0, 0.05) is 12.7 Å². The summed E-state index contributed by atoms with van der Waals surface area (Å²) in [4.78, 5) is 3.87. The monoisotopic (exact) mass is 272 g/mol. The Kier molecular flexibility index (Phi) is 3.56. The number of pyridine rings is 1. The lowest BCUT2D eigenvalue weighted by atomic mass is 10.2. The second-order valence-electron chi connectivity index (χ2n) is 3.86. The van der Waals surface area contributed by atoms with Crippen LogP contribution in [0.4, 0.5) is 19.0 Å². The summed E-state index contributed by atoms with van der Waals surface area (Å²) in [7, 11) is 0. The molecule has 0 bridgehead atoms. The molecule has 0 unspecified atom stereocenters. The van der Waals surface area contributed by atoms with Gasteiger partial charge in [0.1, 0.15) is 5.82 Å². The minimum atomic E-state index is -4.34. The second-order valence-corrected chi connectivity index (χ2v) is 4.60. The first kappa shape index (κ1) is 12.9. The van der Waals surface area contributed by atoms with Crippen LogP contribution in [0, 0.1) is 6.92 Å². The molecule has 0 aromatic carbocycles. The van der Waals surface area contributed by atoms with E-state index in [0.29, 0.717) is 6.54 Å². The summed E-state index contributed by atoms with van der Waals surface area (Å²) < 4.78 is 37.5. The fourth-order valence-corrected chi connectivity index (χ4v) is 2.31. The van der Waals surface area contributed by atoms with Crippen LogP contribution in [0.5, 0.6) is 0 Å². The number of thiophene rings is 1. The van der Waals surface area contributed by atoms with Gasteiger partial charge >= 0.3 is 6.18 Å². The van der Waals surface area contributed by atoms with E-state index in [0.717, 1.165) is 29.5 Å². The highest BCUT2D eigenvalue weighted by Gasteiger charge is 2.30. The molecule has 0 aliphatic rings. The number of nitrogens with one attached hydrogen (secondary N) is 1. The molecule has 6 heteroatoms. The van der Waals surface area contributed by atoms with Crippen molar-refractivity contribution in [2.45, 2.75) is 19.6 Å². The molecule has 18 heavy (non-hydrogen) atoms. The highest BCUT2D eigenvalue weighted by Crippen LogP contribution is 2.30. The molecule has 2 rings (SSSR count). The van der Waals surface area contributed by atoms with Crippen LogP contribution in [0.15, 0.2) is 29.1 Å². The standard InChI is InChI=1S/C12H11F3N2S/c1-8-6-18-7-9(8)5-17-11-4-10(2-3-16-11)12(13,14)15/h2-4,6-7H,5H2,1H3,(H,16,17). The van der Waals surface area contributed by atoms with Crippen LogP contribution in [0.25, 0.3) is 0 Å². The first-order chi connectivity index (χ1) is 8.47. The van der Waals surface area contributed by atoms with E-state index in [-0.39, 0.29) is 5.82 Å². The Bertz CT molecular complexity index is 534. The lowest BCUT2D eigenvalue weighted by Gasteiger charge is -2.09. The molecule has 2 heterocycles. The van der Waals surface area contributed by atoms with E-state index in [1.165, 1.54) is 0 Å². The highest BCUT2D eigenvalue weighted by molar-refractivity contribution is 7.08. The van der Waals surface area contributed by atoms with E-state index in [1.807, 2.05) is 17.7 Å². The molecular formula is C12H11F3N2S. The van der Waals surface area contributed by atoms with Gasteiger partial charge in [0.2, 0.25) is 0 Å². The number of aromatic nitrogens is 1. The third-order valence-electron chi connectivity index (χ3n) is 2.51. The van der Waals surface area contributed by atoms with Crippen molar-refractivity contribution in [3.8, 4) is 0 Å². The summed E-state index contributed by atoms with van der Waals surface area (Å²) in [6.07, 6.45) is -3.18. The van der Waals surface area contributed by atoms with Crippen LogP contribution in [0.2, 0.25) is 0 Å². The zero-order valence-electron chi connectivity index (χ0n) is 9.58. The normalized spacial score (nSPS) is 11.6. The fourth-order valence-electron chi connectivity index (χ4n) is 1.46. The predicted octanol–water partition coefficient (Wildman–Crippen LogP) is 4.08. The number of rotatable bonds is 3. The first-order valence-electron chi connectivity index (χ1n) is 5.25. The molecule has 2 nitrogen and oxygen atoms in total. The van der Waals surface area contributed by atoms with Crippen LogP contribution in [-0.2, 0) is 12.7 Å². The highest BCUT2D eigenvalue weighted by atomic mass is 32.1. The van der Waals surface area contributed by atoms with E-state index in [4.69, 9.17) is 0 Å². The molecule has 0 fully saturated rings. The van der Waals surface area contributed by atoms with Gasteiger partial charge in [-0.3, -0.25) is 0 Å². The number of anilines is 1. The molecule has 0 radical (unpaired) electrons. The average Bonchev–Trinajstić information content (AvgIpc) is 2.72. The lowest BCUT2D eigenvalue weighted by Crippen LogP contribution is -2.07. The van der Waals surface area contributed by atoms with Crippen LogP contribution in [-0.4, -0.2) is 4.98 Å². The maximum atomic E-state index is 12.5. The summed E-state index contributed by atoms with van der Waals surface area (Å²) in [5.41, 5.74) is 1.50. The molecule has 0 saturated carbocycles. The summed E-state index contributed by atoms with van der Waals surface area (Å²) in [6.45, 7) is 2.44. The molecule has 0 spiro atoms. The molecule has 0 aliphatic carbocycles. The number of aryl methyl sites for hydroxylation is 1. The Balaban J connectivity index is 2.09. The van der Waals surface area contributed by atoms with E-state index in [2.05, 4.69) is 10.3 Å². The zero-order valence-corrected chi connectivity index (χ0v) is 10.4. The van der Waals surface area contributed by atoms with Crippen LogP contribution < -0.4 is 5.32 Å². The molecule has 2 aromatic heterocycles. The van der Waals surface area contributed by atoms with Gasteiger partial charge < -0.3 is 5.32 Å². The van der Waals surface area contributed by atoms with Crippen molar-refractivity contribution in [3.63, 3.8) is 0 Å². The van der Waals surface area contributed by atoms with Gasteiger partial charge in [-0.05, 0) is 40.9 Å². The van der Waals surface area contributed by atoms with Crippen molar-refractivity contribution in [2.24, 2.45) is 0 Å². The van der Waals surface area contributed by atoms with Crippen LogP contribution >= 0.6 is 11.3 Å². The van der Waals surface area contributed by atoms with E-state index < -0.39 is 11.7 Å². The number of hydrogen-bond donors (Lipinski definition) is 1. The fraction of sp³-hybridized carbons (Fsp3) is 0.250. The van der Waals surface area contributed by atoms with Crippen molar-refractivity contribution in [1.29, 1.82) is 0 Å². The maximum absolute atomic E-state index is 12.5. The molecule has 2 aromatic rings. The number of halogens is 3. The third-order valence-corrected chi connectivity index (χ3v) is 3.42. The Morgan fingerprint density at radius 3 is 2.72 bits per heavy atom. The van der Waals surface area contributed by atoms with Gasteiger partial charge in [0.15, 0.2) is 0 Å². The quantitative estimate of drug-likeness (QED) is 0.910. The average molecular weight is 272 g/mol. The van der Waals surface area contributed by atoms with Crippen molar-refractivity contribution in [3.05, 3.63) is 45.8 Å². The van der Waals surface area contributed by atoms with Gasteiger partial charge in [-0.1, -0.05) is 0 Å². The van der Waals surface area contributed by atoms with Crippen LogP contribution in [0.3, 0.4) is 0 Å². The predicted molar refractivity (Wildman–Crippen MR) is 65.6 cm³/mol. The minimum Gasteiger partial charge on any atom is -0.366 e.